The van der Waals surface area contributed by atoms with Crippen LogP contribution in [0.2, 0.25) is 0 Å². The van der Waals surface area contributed by atoms with Crippen LogP contribution in [-0.2, 0) is 19.6 Å². The number of nitrogen functional groups attached to an aromatic ring is 1. The third-order valence-electron chi connectivity index (χ3n) is 6.84. The highest BCUT2D eigenvalue weighted by Gasteiger charge is 2.28. The minimum absolute atomic E-state index is 0.0220. The molecule has 0 bridgehead atoms. The van der Waals surface area contributed by atoms with Gasteiger partial charge in [0.2, 0.25) is 10.0 Å². The Morgan fingerprint density at radius 3 is 2.59 bits per heavy atom. The second-order valence-corrected chi connectivity index (χ2v) is 11.8. The van der Waals surface area contributed by atoms with Crippen molar-refractivity contribution in [3.63, 3.8) is 0 Å². The van der Waals surface area contributed by atoms with Crippen LogP contribution in [0.3, 0.4) is 0 Å². The van der Waals surface area contributed by atoms with E-state index in [9.17, 15) is 13.2 Å². The Morgan fingerprint density at radius 1 is 1.22 bits per heavy atom. The lowest BCUT2D eigenvalue weighted by Crippen LogP contribution is -2.41. The molecule has 0 aliphatic carbocycles. The molecule has 41 heavy (non-hydrogen) atoms. The van der Waals surface area contributed by atoms with Gasteiger partial charge in [0.1, 0.15) is 23.5 Å². The first-order valence-corrected chi connectivity index (χ1v) is 15.3. The molecule has 1 fully saturated rings. The Balaban J connectivity index is 1.49. The van der Waals surface area contributed by atoms with E-state index >= 15 is 4.39 Å². The molecule has 0 unspecified atom stereocenters. The fourth-order valence-corrected chi connectivity index (χ4v) is 6.14. The van der Waals surface area contributed by atoms with Crippen LogP contribution in [0.4, 0.5) is 10.1 Å². The zero-order chi connectivity index (χ0) is 29.4. The van der Waals surface area contributed by atoms with Gasteiger partial charge < -0.3 is 20.1 Å². The van der Waals surface area contributed by atoms with E-state index in [1.807, 2.05) is 0 Å². The quantitative estimate of drug-likeness (QED) is 0.233. The minimum atomic E-state index is -4.29. The molecular weight excluding hydrogens is 549 g/mol. The van der Waals surface area contributed by atoms with Crippen molar-refractivity contribution in [1.82, 2.24) is 4.90 Å². The van der Waals surface area contributed by atoms with E-state index < -0.39 is 34.1 Å². The maximum atomic E-state index is 15.2. The van der Waals surface area contributed by atoms with Crippen molar-refractivity contribution in [2.75, 3.05) is 42.8 Å². The smallest absolute Gasteiger partial charge is 0.323 e. The number of likely N-dealkylation sites (tertiary alicyclic amines) is 1. The Kier molecular flexibility index (Phi) is 9.98. The number of halogens is 1. The molecule has 0 atom stereocenters. The van der Waals surface area contributed by atoms with Crippen LogP contribution in [-0.4, -0.2) is 75.6 Å². The SMILES string of the molecule is CCOC(=O)CS(=O)(=O)N(CC(F)=Cc1cccc(C(=N)N)c1)c1ccc(OC2CCN(C3=NCCC3)CC2)cc1. The van der Waals surface area contributed by atoms with E-state index in [4.69, 9.17) is 20.6 Å². The number of nitrogens with one attached hydrogen (secondary N) is 1. The van der Waals surface area contributed by atoms with Crippen molar-refractivity contribution in [3.8, 4) is 5.75 Å². The number of nitrogens with two attached hydrogens (primary N) is 1. The Labute approximate surface area is 240 Å². The third kappa shape index (κ3) is 8.29. The molecular formula is C29H36FN5O5S. The molecule has 2 aromatic carbocycles. The number of sulfonamides is 1. The van der Waals surface area contributed by atoms with Crippen molar-refractivity contribution in [2.45, 2.75) is 38.7 Å². The molecule has 0 spiro atoms. The summed E-state index contributed by atoms with van der Waals surface area (Å²) in [6.07, 6.45) is 5.03. The van der Waals surface area contributed by atoms with E-state index in [1.165, 1.54) is 30.1 Å². The molecule has 10 nitrogen and oxygen atoms in total. The van der Waals surface area contributed by atoms with Gasteiger partial charge in [-0.25, -0.2) is 12.8 Å². The topological polar surface area (TPSA) is 138 Å². The maximum absolute atomic E-state index is 15.2. The Morgan fingerprint density at radius 2 is 1.95 bits per heavy atom. The number of rotatable bonds is 11. The lowest BCUT2D eigenvalue weighted by molar-refractivity contribution is -0.139. The van der Waals surface area contributed by atoms with E-state index in [0.717, 1.165) is 49.6 Å². The Bertz CT molecular complexity index is 1400. The summed E-state index contributed by atoms with van der Waals surface area (Å²) in [6, 6.07) is 12.7. The second-order valence-electron chi connectivity index (χ2n) is 9.90. The number of esters is 1. The molecule has 0 aromatic heterocycles. The average Bonchev–Trinajstić information content (AvgIpc) is 3.48. The molecule has 12 heteroatoms. The standard InChI is InChI=1S/C29H36FN5O5S/c1-2-39-28(36)20-41(37,38)35(19-23(30)18-21-5-3-6-22(17-21)29(31)32)24-8-10-25(11-9-24)40-26-12-15-34(16-13-26)27-7-4-14-33-27/h3,5-6,8-11,17-18,26H,2,4,7,12-16,19-20H2,1H3,(H3,31,32). The summed E-state index contributed by atoms with van der Waals surface area (Å²) in [5.41, 5.74) is 6.52. The first-order valence-electron chi connectivity index (χ1n) is 13.7. The van der Waals surface area contributed by atoms with Gasteiger partial charge >= 0.3 is 5.97 Å². The highest BCUT2D eigenvalue weighted by molar-refractivity contribution is 7.93. The Hall–Kier alpha value is -3.93. The van der Waals surface area contributed by atoms with Crippen molar-refractivity contribution in [1.29, 1.82) is 5.41 Å². The van der Waals surface area contributed by atoms with Crippen LogP contribution in [0.5, 0.6) is 5.75 Å². The normalized spacial score (nSPS) is 16.3. The third-order valence-corrected chi connectivity index (χ3v) is 8.46. The van der Waals surface area contributed by atoms with Crippen LogP contribution in [0, 0.1) is 5.41 Å². The van der Waals surface area contributed by atoms with Crippen LogP contribution in [0.1, 0.15) is 43.7 Å². The van der Waals surface area contributed by atoms with E-state index in [0.29, 0.717) is 16.9 Å². The molecule has 1 saturated heterocycles. The number of carbonyl (C=O) groups excluding carboxylic acids is 1. The number of hydrogen-bond acceptors (Lipinski definition) is 8. The summed E-state index contributed by atoms with van der Waals surface area (Å²) in [4.78, 5) is 18.9. The van der Waals surface area contributed by atoms with Gasteiger partial charge in [0, 0.05) is 44.5 Å². The first-order chi connectivity index (χ1) is 19.6. The summed E-state index contributed by atoms with van der Waals surface area (Å²) in [5.74, 6) is -1.04. The maximum Gasteiger partial charge on any atom is 0.323 e. The number of carbonyl (C=O) groups is 1. The molecule has 2 aliphatic rings. The molecule has 4 rings (SSSR count). The molecule has 0 saturated carbocycles. The monoisotopic (exact) mass is 585 g/mol. The summed E-state index contributed by atoms with van der Waals surface area (Å²) in [5, 5.41) is 7.58. The van der Waals surface area contributed by atoms with E-state index in [-0.39, 0.29) is 24.2 Å². The summed E-state index contributed by atoms with van der Waals surface area (Å²) in [6.45, 7) is 3.61. The van der Waals surface area contributed by atoms with Gasteiger partial charge in [0.25, 0.3) is 0 Å². The lowest BCUT2D eigenvalue weighted by Gasteiger charge is -2.33. The van der Waals surface area contributed by atoms with Crippen LogP contribution in [0.25, 0.3) is 6.08 Å². The number of nitrogens with zero attached hydrogens (tertiary/aromatic N) is 3. The number of anilines is 1. The molecule has 3 N–H and O–H groups in total. The predicted molar refractivity (Wildman–Crippen MR) is 158 cm³/mol. The minimum Gasteiger partial charge on any atom is -0.490 e. The van der Waals surface area contributed by atoms with Gasteiger partial charge in [-0.1, -0.05) is 18.2 Å². The van der Waals surface area contributed by atoms with Crippen molar-refractivity contribution >= 4 is 39.4 Å². The fourth-order valence-electron chi connectivity index (χ4n) is 4.84. The number of ether oxygens (including phenoxy) is 2. The molecule has 0 amide bonds. The summed E-state index contributed by atoms with van der Waals surface area (Å²) < 4.78 is 53.5. The molecule has 220 valence electrons. The number of hydrogen-bond donors (Lipinski definition) is 2. The van der Waals surface area contributed by atoms with Gasteiger partial charge in [0.15, 0.2) is 5.75 Å². The van der Waals surface area contributed by atoms with Gasteiger partial charge in [-0.15, -0.1) is 0 Å². The average molecular weight is 586 g/mol. The van der Waals surface area contributed by atoms with Crippen LogP contribution >= 0.6 is 0 Å². The predicted octanol–water partition coefficient (Wildman–Crippen LogP) is 3.72. The van der Waals surface area contributed by atoms with Crippen molar-refractivity contribution < 1.29 is 27.1 Å². The van der Waals surface area contributed by atoms with E-state index in [2.05, 4.69) is 9.89 Å². The second kappa shape index (κ2) is 13.6. The fraction of sp³-hybridized carbons (Fsp3) is 0.414. The number of benzene rings is 2. The molecule has 2 aromatic rings. The number of piperidine rings is 1. The van der Waals surface area contributed by atoms with Gasteiger partial charge in [-0.2, -0.15) is 0 Å². The first kappa shape index (κ1) is 30.0. The highest BCUT2D eigenvalue weighted by Crippen LogP contribution is 2.27. The number of amidine groups is 2. The van der Waals surface area contributed by atoms with Gasteiger partial charge in [0.05, 0.1) is 24.7 Å². The zero-order valence-corrected chi connectivity index (χ0v) is 23.9. The largest absolute Gasteiger partial charge is 0.490 e. The van der Waals surface area contributed by atoms with Crippen LogP contribution in [0.15, 0.2) is 59.4 Å². The summed E-state index contributed by atoms with van der Waals surface area (Å²) >= 11 is 0. The summed E-state index contributed by atoms with van der Waals surface area (Å²) in [7, 11) is -4.29. The zero-order valence-electron chi connectivity index (χ0n) is 23.1. The highest BCUT2D eigenvalue weighted by atomic mass is 32.2. The number of aliphatic imine (C=N–C) groups is 1. The van der Waals surface area contributed by atoms with Crippen molar-refractivity contribution in [3.05, 3.63) is 65.5 Å². The van der Waals surface area contributed by atoms with Gasteiger partial charge in [-0.3, -0.25) is 19.5 Å². The van der Waals surface area contributed by atoms with Gasteiger partial charge in [-0.05, 0) is 55.3 Å². The molecule has 2 heterocycles. The lowest BCUT2D eigenvalue weighted by atomic mass is 10.1. The van der Waals surface area contributed by atoms with Crippen LogP contribution < -0.4 is 14.8 Å². The van der Waals surface area contributed by atoms with E-state index in [1.54, 1.807) is 37.3 Å². The molecule has 0 radical (unpaired) electrons. The molecule has 2 aliphatic heterocycles. The van der Waals surface area contributed by atoms with Crippen molar-refractivity contribution in [2.24, 2.45) is 10.7 Å².